The molecule has 0 fully saturated rings. The van der Waals surface area contributed by atoms with Gasteiger partial charge in [0.15, 0.2) is 0 Å². The number of hydrogen-bond donors (Lipinski definition) is 1. The lowest BCUT2D eigenvalue weighted by Gasteiger charge is -2.05. The minimum atomic E-state index is -4.29. The summed E-state index contributed by atoms with van der Waals surface area (Å²) < 4.78 is 30.1. The second-order valence-corrected chi connectivity index (χ2v) is 6.06. The molecule has 1 aliphatic carbocycles. The highest BCUT2D eigenvalue weighted by Crippen LogP contribution is 2.15. The Bertz CT molecular complexity index is 678. The van der Waals surface area contributed by atoms with Gasteiger partial charge in [-0.15, -0.1) is 0 Å². The van der Waals surface area contributed by atoms with Gasteiger partial charge in [0.1, 0.15) is 0 Å². The van der Waals surface area contributed by atoms with Gasteiger partial charge in [-0.05, 0) is 18.2 Å². The highest BCUT2D eigenvalue weighted by molar-refractivity contribution is 7.87. The molecular formula is C12H10Cl2N2O3S. The lowest BCUT2D eigenvalue weighted by molar-refractivity contribution is -0.00523. The third kappa shape index (κ3) is 5.28. The predicted molar refractivity (Wildman–Crippen MR) is 78.5 cm³/mol. The van der Waals surface area contributed by atoms with Crippen molar-refractivity contribution in [2.45, 2.75) is 5.25 Å². The monoisotopic (exact) mass is 332 g/mol. The maximum absolute atomic E-state index is 10.7. The van der Waals surface area contributed by atoms with Crippen LogP contribution in [0.4, 0.5) is 0 Å². The van der Waals surface area contributed by atoms with Crippen LogP contribution >= 0.6 is 23.2 Å². The molecule has 0 heterocycles. The summed E-state index contributed by atoms with van der Waals surface area (Å²) in [7, 11) is -4.29. The number of allylic oxidation sites excluding steroid dienone is 3. The molecule has 8 heteroatoms. The van der Waals surface area contributed by atoms with E-state index in [0.29, 0.717) is 0 Å². The van der Waals surface area contributed by atoms with E-state index < -0.39 is 15.4 Å². The van der Waals surface area contributed by atoms with Gasteiger partial charge < -0.3 is 5.53 Å². The first-order chi connectivity index (χ1) is 9.34. The van der Waals surface area contributed by atoms with E-state index in [9.17, 15) is 8.42 Å². The molecule has 0 aliphatic heterocycles. The van der Waals surface area contributed by atoms with Crippen molar-refractivity contribution in [2.24, 2.45) is 0 Å². The molecule has 106 valence electrons. The first-order valence-corrected chi connectivity index (χ1v) is 7.54. The molecule has 1 atom stereocenters. The van der Waals surface area contributed by atoms with E-state index in [1.165, 1.54) is 6.08 Å². The average Bonchev–Trinajstić information content (AvgIpc) is 2.38. The van der Waals surface area contributed by atoms with Crippen LogP contribution < -0.4 is 0 Å². The van der Waals surface area contributed by atoms with Gasteiger partial charge >= 0.3 is 5.71 Å². The van der Waals surface area contributed by atoms with Crippen LogP contribution in [-0.4, -0.2) is 28.7 Å². The zero-order chi connectivity index (χ0) is 15.2. The predicted octanol–water partition coefficient (Wildman–Crippen LogP) is 2.95. The Morgan fingerprint density at radius 1 is 1.20 bits per heavy atom. The highest BCUT2D eigenvalue weighted by atomic mass is 35.5. The summed E-state index contributed by atoms with van der Waals surface area (Å²) in [6, 6.07) is 9.44. The van der Waals surface area contributed by atoms with Crippen LogP contribution in [0.15, 0.2) is 53.6 Å². The molecule has 0 amide bonds. The Morgan fingerprint density at radius 3 is 2.20 bits per heavy atom. The van der Waals surface area contributed by atoms with Gasteiger partial charge in [-0.25, -0.2) is 0 Å². The van der Waals surface area contributed by atoms with E-state index in [0.717, 1.165) is 17.2 Å². The summed E-state index contributed by atoms with van der Waals surface area (Å²) in [5.74, 6) is 0. The van der Waals surface area contributed by atoms with Gasteiger partial charge in [-0.2, -0.15) is 13.2 Å². The zero-order valence-corrected chi connectivity index (χ0v) is 12.3. The summed E-state index contributed by atoms with van der Waals surface area (Å²) in [6.45, 7) is 0. The molecule has 1 aliphatic rings. The van der Waals surface area contributed by atoms with Crippen LogP contribution in [0.3, 0.4) is 0 Å². The van der Waals surface area contributed by atoms with Crippen molar-refractivity contribution >= 4 is 39.0 Å². The SMILES string of the molecule is Clc1ccccc1.[N-]=[N+]=C1C=C(Cl)C=CC1S(=O)(=O)O. The van der Waals surface area contributed by atoms with Crippen LogP contribution in [0.25, 0.3) is 5.53 Å². The Labute approximate surface area is 126 Å². The number of rotatable bonds is 1. The molecule has 0 saturated heterocycles. The molecule has 0 radical (unpaired) electrons. The number of benzene rings is 1. The van der Waals surface area contributed by atoms with Crippen molar-refractivity contribution in [3.05, 3.63) is 64.1 Å². The lowest BCUT2D eigenvalue weighted by Crippen LogP contribution is -2.29. The molecule has 1 N–H and O–H groups in total. The average molecular weight is 333 g/mol. The fourth-order valence-corrected chi connectivity index (χ4v) is 2.33. The van der Waals surface area contributed by atoms with Gasteiger partial charge in [-0.1, -0.05) is 47.5 Å². The van der Waals surface area contributed by atoms with Crippen LogP contribution in [0, 0.1) is 0 Å². The summed E-state index contributed by atoms with van der Waals surface area (Å²) >= 11 is 11.1. The molecule has 1 aromatic rings. The Kier molecular flexibility index (Phi) is 6.13. The maximum Gasteiger partial charge on any atom is 0.317 e. The number of nitrogens with zero attached hydrogens (tertiary/aromatic N) is 2. The Balaban J connectivity index is 0.000000240. The van der Waals surface area contributed by atoms with Crippen molar-refractivity contribution < 1.29 is 17.8 Å². The minimum Gasteiger partial charge on any atom is -0.361 e. The highest BCUT2D eigenvalue weighted by Gasteiger charge is 2.33. The van der Waals surface area contributed by atoms with E-state index >= 15 is 0 Å². The fourth-order valence-electron chi connectivity index (χ4n) is 1.30. The van der Waals surface area contributed by atoms with E-state index in [2.05, 4.69) is 4.79 Å². The first kappa shape index (κ1) is 16.6. The van der Waals surface area contributed by atoms with Gasteiger partial charge in [0, 0.05) is 16.1 Å². The second-order valence-electron chi connectivity index (χ2n) is 3.64. The van der Waals surface area contributed by atoms with Crippen LogP contribution in [0.1, 0.15) is 0 Å². The van der Waals surface area contributed by atoms with E-state index in [-0.39, 0.29) is 10.7 Å². The van der Waals surface area contributed by atoms with Crippen LogP contribution in [-0.2, 0) is 10.1 Å². The Hall–Kier alpha value is -1.43. The molecular weight excluding hydrogens is 323 g/mol. The van der Waals surface area contributed by atoms with Crippen molar-refractivity contribution in [3.63, 3.8) is 0 Å². The topological polar surface area (TPSA) is 90.8 Å². The van der Waals surface area contributed by atoms with Gasteiger partial charge in [0.05, 0.1) is 0 Å². The largest absolute Gasteiger partial charge is 0.361 e. The first-order valence-electron chi connectivity index (χ1n) is 5.29. The molecule has 2 rings (SSSR count). The summed E-state index contributed by atoms with van der Waals surface area (Å²) in [5, 5.41) is -0.324. The van der Waals surface area contributed by atoms with Crippen molar-refractivity contribution in [1.82, 2.24) is 0 Å². The van der Waals surface area contributed by atoms with Crippen molar-refractivity contribution in [2.75, 3.05) is 0 Å². The molecule has 0 spiro atoms. The van der Waals surface area contributed by atoms with Gasteiger partial charge in [0.2, 0.25) is 5.25 Å². The standard InChI is InChI=1S/C6H5ClN2O3S.C6H5Cl/c7-4-1-2-6(13(10,11)12)5(3-4)9-8;7-6-4-2-1-3-5-6/h1-3,6H,(H,10,11,12);1-5H. The molecule has 0 aromatic heterocycles. The van der Waals surface area contributed by atoms with Crippen molar-refractivity contribution in [1.29, 1.82) is 0 Å². The van der Waals surface area contributed by atoms with Crippen LogP contribution in [0.2, 0.25) is 5.02 Å². The molecule has 20 heavy (non-hydrogen) atoms. The second kappa shape index (κ2) is 7.38. The normalized spacial score (nSPS) is 17.6. The molecule has 5 nitrogen and oxygen atoms in total. The third-order valence-electron chi connectivity index (χ3n) is 2.18. The Morgan fingerprint density at radius 2 is 1.80 bits per heavy atom. The fraction of sp³-hybridized carbons (Fsp3) is 0.0833. The van der Waals surface area contributed by atoms with Crippen molar-refractivity contribution in [3.8, 4) is 0 Å². The molecule has 1 aromatic carbocycles. The van der Waals surface area contributed by atoms with Gasteiger partial charge in [-0.3, -0.25) is 4.55 Å². The maximum atomic E-state index is 10.7. The van der Waals surface area contributed by atoms with Gasteiger partial charge in [0.25, 0.3) is 10.1 Å². The minimum absolute atomic E-state index is 0.213. The van der Waals surface area contributed by atoms with E-state index in [4.69, 9.17) is 33.3 Å². The van der Waals surface area contributed by atoms with E-state index in [1.807, 2.05) is 30.3 Å². The summed E-state index contributed by atoms with van der Waals surface area (Å²) in [6.07, 6.45) is 3.58. The van der Waals surface area contributed by atoms with E-state index in [1.54, 1.807) is 0 Å². The molecule has 0 bridgehead atoms. The number of halogens is 2. The van der Waals surface area contributed by atoms with Crippen LogP contribution in [0.5, 0.6) is 0 Å². The summed E-state index contributed by atoms with van der Waals surface area (Å²) in [5.41, 5.74) is 8.20. The summed E-state index contributed by atoms with van der Waals surface area (Å²) in [4.78, 5) is 2.71. The number of hydrogen-bond acceptors (Lipinski definition) is 2. The third-order valence-corrected chi connectivity index (χ3v) is 3.70. The molecule has 0 saturated carbocycles. The smallest absolute Gasteiger partial charge is 0.317 e. The lowest BCUT2D eigenvalue weighted by atomic mass is 10.1. The quantitative estimate of drug-likeness (QED) is 0.487. The molecule has 1 unspecified atom stereocenters. The zero-order valence-electron chi connectivity index (χ0n) is 10.0.